The number of rotatable bonds is 10. The highest BCUT2D eigenvalue weighted by atomic mass is 35.5. The summed E-state index contributed by atoms with van der Waals surface area (Å²) >= 11 is 7.35. The smallest absolute Gasteiger partial charge is 0.272 e. The molecule has 3 N–H and O–H groups in total. The summed E-state index contributed by atoms with van der Waals surface area (Å²) in [5.41, 5.74) is 1.20. The predicted molar refractivity (Wildman–Crippen MR) is 165 cm³/mol. The van der Waals surface area contributed by atoms with Crippen LogP contribution in [0.15, 0.2) is 108 Å². The fraction of sp³-hybridized carbons (Fsp3) is 0.0938. The first-order valence-corrected chi connectivity index (χ1v) is 14.0. The summed E-state index contributed by atoms with van der Waals surface area (Å²) in [7, 11) is 1.50. The minimum Gasteiger partial charge on any atom is -0.495 e. The van der Waals surface area contributed by atoms with Crippen molar-refractivity contribution in [3.8, 4) is 5.75 Å². The second-order valence-corrected chi connectivity index (χ2v) is 10.8. The van der Waals surface area contributed by atoms with E-state index in [0.29, 0.717) is 32.6 Å². The van der Waals surface area contributed by atoms with E-state index < -0.39 is 22.9 Å². The molecule has 10 heteroatoms. The Bertz CT molecular complexity index is 1630. The Labute approximate surface area is 252 Å². The Kier molecular flexibility index (Phi) is 10.4. The van der Waals surface area contributed by atoms with Crippen LogP contribution < -0.4 is 20.7 Å². The Morgan fingerprint density at radius 1 is 0.905 bits per heavy atom. The van der Waals surface area contributed by atoms with Crippen molar-refractivity contribution >= 4 is 58.5 Å². The first-order valence-electron chi connectivity index (χ1n) is 12.8. The molecule has 1 atom stereocenters. The number of methoxy groups -OCH3 is 1. The molecule has 7 nitrogen and oxygen atoms in total. The van der Waals surface area contributed by atoms with Crippen molar-refractivity contribution in [1.29, 1.82) is 0 Å². The minimum atomic E-state index is -0.650. The number of carbonyl (C=O) groups is 3. The highest BCUT2D eigenvalue weighted by molar-refractivity contribution is 8.00. The number of thioether (sulfide) groups is 1. The molecule has 214 valence electrons. The van der Waals surface area contributed by atoms with E-state index in [1.165, 1.54) is 43.1 Å². The van der Waals surface area contributed by atoms with Gasteiger partial charge < -0.3 is 20.7 Å². The van der Waals surface area contributed by atoms with Gasteiger partial charge in [-0.15, -0.1) is 11.8 Å². The Morgan fingerprint density at radius 3 is 2.38 bits per heavy atom. The van der Waals surface area contributed by atoms with Gasteiger partial charge in [0.2, 0.25) is 5.91 Å². The summed E-state index contributed by atoms with van der Waals surface area (Å²) in [6, 6.07) is 26.1. The molecule has 0 radical (unpaired) electrons. The summed E-state index contributed by atoms with van der Waals surface area (Å²) in [6.07, 6.45) is 1.28. The van der Waals surface area contributed by atoms with E-state index in [2.05, 4.69) is 16.0 Å². The monoisotopic (exact) mass is 603 g/mol. The number of amides is 3. The van der Waals surface area contributed by atoms with Crippen LogP contribution in [-0.4, -0.2) is 30.1 Å². The molecule has 4 aromatic carbocycles. The van der Waals surface area contributed by atoms with Gasteiger partial charge in [-0.05, 0) is 67.6 Å². The van der Waals surface area contributed by atoms with Gasteiger partial charge in [-0.3, -0.25) is 14.4 Å². The van der Waals surface area contributed by atoms with Crippen molar-refractivity contribution in [2.75, 3.05) is 17.7 Å². The van der Waals surface area contributed by atoms with Crippen LogP contribution in [0.1, 0.15) is 22.8 Å². The molecule has 0 saturated carbocycles. The number of hydrogen-bond acceptors (Lipinski definition) is 5. The number of halogens is 2. The Balaban J connectivity index is 1.49. The molecule has 0 aliphatic carbocycles. The molecule has 4 rings (SSSR count). The van der Waals surface area contributed by atoms with E-state index in [9.17, 15) is 18.8 Å². The average molecular weight is 604 g/mol. The van der Waals surface area contributed by atoms with Crippen molar-refractivity contribution in [2.45, 2.75) is 17.1 Å². The largest absolute Gasteiger partial charge is 0.495 e. The first kappa shape index (κ1) is 30.4. The molecule has 0 heterocycles. The normalized spacial score (nSPS) is 11.8. The third-order valence-corrected chi connectivity index (χ3v) is 7.26. The lowest BCUT2D eigenvalue weighted by molar-refractivity contribution is -0.115. The van der Waals surface area contributed by atoms with Gasteiger partial charge in [-0.2, -0.15) is 0 Å². The number of benzene rings is 4. The summed E-state index contributed by atoms with van der Waals surface area (Å²) in [6.45, 7) is 1.75. The summed E-state index contributed by atoms with van der Waals surface area (Å²) < 4.78 is 19.7. The van der Waals surface area contributed by atoms with E-state index in [1.54, 1.807) is 85.8 Å². The molecule has 1 unspecified atom stereocenters. The number of anilines is 2. The van der Waals surface area contributed by atoms with Crippen LogP contribution in [0.3, 0.4) is 0 Å². The van der Waals surface area contributed by atoms with Crippen molar-refractivity contribution in [3.05, 3.63) is 125 Å². The van der Waals surface area contributed by atoms with E-state index in [-0.39, 0.29) is 17.2 Å². The SMILES string of the molecule is COc1ccc(Cl)cc1NC(=O)C(C)Sc1cccc(NC(=O)/C(=C/c2ccccc2F)NC(=O)c2ccccc2)c1. The fourth-order valence-electron chi connectivity index (χ4n) is 3.81. The first-order chi connectivity index (χ1) is 20.2. The fourth-order valence-corrected chi connectivity index (χ4v) is 4.90. The summed E-state index contributed by atoms with van der Waals surface area (Å²) in [5.74, 6) is -1.50. The van der Waals surface area contributed by atoms with Crippen LogP contribution in [0, 0.1) is 5.82 Å². The quantitative estimate of drug-likeness (QED) is 0.134. The van der Waals surface area contributed by atoms with Crippen molar-refractivity contribution < 1.29 is 23.5 Å². The highest BCUT2D eigenvalue weighted by Crippen LogP contribution is 2.30. The molecular weight excluding hydrogens is 577 g/mol. The van der Waals surface area contributed by atoms with Gasteiger partial charge in [0.1, 0.15) is 17.3 Å². The molecule has 0 aromatic heterocycles. The number of carbonyl (C=O) groups excluding carboxylic acids is 3. The lowest BCUT2D eigenvalue weighted by Crippen LogP contribution is -2.30. The molecule has 4 aromatic rings. The van der Waals surface area contributed by atoms with Crippen LogP contribution in [-0.2, 0) is 9.59 Å². The molecule has 0 aliphatic rings. The van der Waals surface area contributed by atoms with Gasteiger partial charge in [0, 0.05) is 26.7 Å². The Morgan fingerprint density at radius 2 is 1.64 bits per heavy atom. The van der Waals surface area contributed by atoms with Crippen molar-refractivity contribution in [1.82, 2.24) is 5.32 Å². The highest BCUT2D eigenvalue weighted by Gasteiger charge is 2.19. The standard InChI is InChI=1S/C32H27ClFN3O4S/c1-20(30(38)36-27-18-23(33)15-16-29(27)41-2)42-25-13-8-12-24(19-25)35-32(40)28(17-22-11-6-7-14-26(22)34)37-31(39)21-9-4-3-5-10-21/h3-20H,1-2H3,(H,35,40)(H,36,38)(H,37,39)/b28-17-. The van der Waals surface area contributed by atoms with Crippen LogP contribution in [0.5, 0.6) is 5.75 Å². The summed E-state index contributed by atoms with van der Waals surface area (Å²) in [4.78, 5) is 39.8. The van der Waals surface area contributed by atoms with Gasteiger partial charge in [0.25, 0.3) is 11.8 Å². The zero-order valence-electron chi connectivity index (χ0n) is 22.7. The van der Waals surface area contributed by atoms with E-state index in [1.807, 2.05) is 0 Å². The van der Waals surface area contributed by atoms with Crippen LogP contribution in [0.25, 0.3) is 6.08 Å². The molecule has 0 saturated heterocycles. The lowest BCUT2D eigenvalue weighted by Gasteiger charge is -2.15. The second kappa shape index (κ2) is 14.3. The van der Waals surface area contributed by atoms with E-state index in [4.69, 9.17) is 16.3 Å². The van der Waals surface area contributed by atoms with Crippen LogP contribution >= 0.6 is 23.4 Å². The third kappa shape index (κ3) is 8.22. The number of ether oxygens (including phenoxy) is 1. The minimum absolute atomic E-state index is 0.136. The van der Waals surface area contributed by atoms with Gasteiger partial charge in [0.05, 0.1) is 18.0 Å². The van der Waals surface area contributed by atoms with Gasteiger partial charge in [-0.25, -0.2) is 4.39 Å². The van der Waals surface area contributed by atoms with Crippen molar-refractivity contribution in [2.24, 2.45) is 0 Å². The summed E-state index contributed by atoms with van der Waals surface area (Å²) in [5, 5.41) is 8.12. The van der Waals surface area contributed by atoms with Crippen LogP contribution in [0.2, 0.25) is 5.02 Å². The maximum Gasteiger partial charge on any atom is 0.272 e. The zero-order chi connectivity index (χ0) is 30.1. The predicted octanol–water partition coefficient (Wildman–Crippen LogP) is 7.02. The maximum atomic E-state index is 14.4. The molecule has 0 aliphatic heterocycles. The molecular formula is C32H27ClFN3O4S. The van der Waals surface area contributed by atoms with E-state index >= 15 is 0 Å². The molecule has 0 fully saturated rings. The maximum absolute atomic E-state index is 14.4. The average Bonchev–Trinajstić information content (AvgIpc) is 2.98. The zero-order valence-corrected chi connectivity index (χ0v) is 24.3. The lowest BCUT2D eigenvalue weighted by atomic mass is 10.1. The third-order valence-electron chi connectivity index (χ3n) is 5.93. The van der Waals surface area contributed by atoms with E-state index in [0.717, 1.165) is 0 Å². The number of hydrogen-bond donors (Lipinski definition) is 3. The topological polar surface area (TPSA) is 96.5 Å². The van der Waals surface area contributed by atoms with Gasteiger partial charge in [-0.1, -0.05) is 54.1 Å². The van der Waals surface area contributed by atoms with Crippen molar-refractivity contribution in [3.63, 3.8) is 0 Å². The second-order valence-electron chi connectivity index (χ2n) is 8.98. The molecule has 42 heavy (non-hydrogen) atoms. The molecule has 3 amide bonds. The Hall–Kier alpha value is -4.60. The van der Waals surface area contributed by atoms with Gasteiger partial charge in [0.15, 0.2) is 0 Å². The molecule has 0 bridgehead atoms. The van der Waals surface area contributed by atoms with Crippen LogP contribution in [0.4, 0.5) is 15.8 Å². The molecule has 0 spiro atoms. The number of nitrogens with one attached hydrogen (secondary N) is 3. The van der Waals surface area contributed by atoms with Gasteiger partial charge >= 0.3 is 0 Å².